The van der Waals surface area contributed by atoms with E-state index in [-0.39, 0.29) is 15.0 Å². The normalized spacial score (nSPS) is 13.2. The van der Waals surface area contributed by atoms with E-state index in [4.69, 9.17) is 16.2 Å². The standard InChI is InChI=1S/C10H5ClF2N4O2S2/c11-6-1-4(21(18)19)2-7-5(6)3-14-17(7)10-16-15-9(20-10)8(12)13/h1-3,8H,(H,18,19). The van der Waals surface area contributed by atoms with Crippen LogP contribution in [-0.4, -0.2) is 28.7 Å². The van der Waals surface area contributed by atoms with E-state index in [1.54, 1.807) is 0 Å². The van der Waals surface area contributed by atoms with Gasteiger partial charge in [0, 0.05) is 5.39 Å². The Balaban J connectivity index is 2.20. The number of nitrogens with zero attached hydrogens (tertiary/aromatic N) is 4. The molecule has 0 aliphatic rings. The summed E-state index contributed by atoms with van der Waals surface area (Å²) in [5.74, 6) is 0. The quantitative estimate of drug-likeness (QED) is 0.734. The average Bonchev–Trinajstić information content (AvgIpc) is 3.04. The Morgan fingerprint density at radius 3 is 2.76 bits per heavy atom. The zero-order valence-corrected chi connectivity index (χ0v) is 12.3. The van der Waals surface area contributed by atoms with Crippen LogP contribution in [-0.2, 0) is 11.1 Å². The number of fused-ring (bicyclic) bond motifs is 1. The first-order valence-electron chi connectivity index (χ1n) is 5.37. The third-order valence-corrected chi connectivity index (χ3v) is 4.47. The zero-order valence-electron chi connectivity index (χ0n) is 9.90. The average molecular weight is 351 g/mol. The van der Waals surface area contributed by atoms with Crippen molar-refractivity contribution in [2.45, 2.75) is 11.3 Å². The minimum Gasteiger partial charge on any atom is -0.302 e. The van der Waals surface area contributed by atoms with E-state index in [0.29, 0.717) is 22.2 Å². The fourth-order valence-corrected chi connectivity index (χ4v) is 3.14. The molecule has 1 atom stereocenters. The van der Waals surface area contributed by atoms with Crippen LogP contribution in [0.5, 0.6) is 0 Å². The highest BCUT2D eigenvalue weighted by atomic mass is 35.5. The summed E-state index contributed by atoms with van der Waals surface area (Å²) in [7, 11) is 0. The Labute approximate surface area is 127 Å². The molecule has 11 heteroatoms. The summed E-state index contributed by atoms with van der Waals surface area (Å²) in [4.78, 5) is 0.0767. The van der Waals surface area contributed by atoms with Crippen LogP contribution in [0.4, 0.5) is 8.78 Å². The third kappa shape index (κ3) is 2.55. The second-order valence-electron chi connectivity index (χ2n) is 3.87. The highest BCUT2D eigenvalue weighted by Crippen LogP contribution is 2.30. The van der Waals surface area contributed by atoms with Crippen LogP contribution in [0.3, 0.4) is 0 Å². The lowest BCUT2D eigenvalue weighted by Gasteiger charge is -2.01. The van der Waals surface area contributed by atoms with E-state index in [1.165, 1.54) is 23.0 Å². The molecule has 0 saturated carbocycles. The second kappa shape index (κ2) is 5.37. The molecule has 1 N–H and O–H groups in total. The van der Waals surface area contributed by atoms with Crippen LogP contribution in [0.2, 0.25) is 5.02 Å². The number of halogens is 3. The van der Waals surface area contributed by atoms with E-state index in [1.807, 2.05) is 0 Å². The molecular formula is C10H5ClF2N4O2S2. The molecule has 3 aromatic rings. The first-order valence-corrected chi connectivity index (χ1v) is 7.67. The molecular weight excluding hydrogens is 346 g/mol. The Bertz CT molecular complexity index is 851. The van der Waals surface area contributed by atoms with Crippen LogP contribution in [0.25, 0.3) is 16.0 Å². The van der Waals surface area contributed by atoms with E-state index in [9.17, 15) is 13.0 Å². The van der Waals surface area contributed by atoms with Crippen molar-refractivity contribution in [2.24, 2.45) is 0 Å². The first-order chi connectivity index (χ1) is 9.97. The maximum atomic E-state index is 12.6. The smallest absolute Gasteiger partial charge is 0.291 e. The van der Waals surface area contributed by atoms with E-state index in [0.717, 1.165) is 0 Å². The number of hydrogen-bond donors (Lipinski definition) is 1. The fourth-order valence-electron chi connectivity index (χ4n) is 1.71. The molecule has 110 valence electrons. The maximum Gasteiger partial charge on any atom is 0.291 e. The molecule has 0 spiro atoms. The zero-order chi connectivity index (χ0) is 15.1. The number of rotatable bonds is 3. The van der Waals surface area contributed by atoms with Gasteiger partial charge in [0.2, 0.25) is 5.13 Å². The topological polar surface area (TPSA) is 80.9 Å². The summed E-state index contributed by atoms with van der Waals surface area (Å²) in [6.07, 6.45) is -1.30. The number of benzene rings is 1. The molecule has 0 radical (unpaired) electrons. The molecule has 0 amide bonds. The number of aromatic nitrogens is 4. The molecule has 2 aromatic heterocycles. The number of alkyl halides is 2. The van der Waals surface area contributed by atoms with Crippen LogP contribution < -0.4 is 0 Å². The molecule has 0 saturated heterocycles. The molecule has 2 heterocycles. The summed E-state index contributed by atoms with van der Waals surface area (Å²) in [5.41, 5.74) is 0.386. The molecule has 0 aliphatic carbocycles. The van der Waals surface area contributed by atoms with Gasteiger partial charge in [0.25, 0.3) is 6.43 Å². The van der Waals surface area contributed by atoms with Crippen LogP contribution in [0.15, 0.2) is 23.2 Å². The van der Waals surface area contributed by atoms with Crippen LogP contribution in [0, 0.1) is 0 Å². The molecule has 1 unspecified atom stereocenters. The summed E-state index contributed by atoms with van der Waals surface area (Å²) >= 11 is 4.47. The van der Waals surface area contributed by atoms with Crippen LogP contribution >= 0.6 is 22.9 Å². The van der Waals surface area contributed by atoms with Crippen molar-refractivity contribution in [3.8, 4) is 5.13 Å². The van der Waals surface area contributed by atoms with Gasteiger partial charge in [0.1, 0.15) is 0 Å². The highest BCUT2D eigenvalue weighted by Gasteiger charge is 2.18. The minimum absolute atomic E-state index is 0.0767. The minimum atomic E-state index is -2.72. The van der Waals surface area contributed by atoms with Gasteiger partial charge in [-0.3, -0.25) is 0 Å². The largest absolute Gasteiger partial charge is 0.302 e. The van der Waals surface area contributed by atoms with Crippen molar-refractivity contribution in [2.75, 3.05) is 0 Å². The van der Waals surface area contributed by atoms with Gasteiger partial charge in [-0.05, 0) is 12.1 Å². The fraction of sp³-hybridized carbons (Fsp3) is 0.100. The van der Waals surface area contributed by atoms with Crippen LogP contribution in [0.1, 0.15) is 11.4 Å². The van der Waals surface area contributed by atoms with Gasteiger partial charge in [-0.25, -0.2) is 17.7 Å². The first kappa shape index (κ1) is 14.4. The summed E-state index contributed by atoms with van der Waals surface area (Å²) in [6.45, 7) is 0. The second-order valence-corrected chi connectivity index (χ2v) is 6.23. The lowest BCUT2D eigenvalue weighted by molar-refractivity contribution is 0.150. The van der Waals surface area contributed by atoms with Gasteiger partial charge in [-0.15, -0.1) is 10.2 Å². The van der Waals surface area contributed by atoms with Crippen molar-refractivity contribution in [3.63, 3.8) is 0 Å². The molecule has 0 aliphatic heterocycles. The highest BCUT2D eigenvalue weighted by molar-refractivity contribution is 7.79. The van der Waals surface area contributed by atoms with Crippen molar-refractivity contribution in [1.29, 1.82) is 0 Å². The Hall–Kier alpha value is -1.49. The SMILES string of the molecule is O=S(O)c1cc(Cl)c2cnn(-c3nnc(C(F)F)s3)c2c1. The van der Waals surface area contributed by atoms with Crippen molar-refractivity contribution in [3.05, 3.63) is 28.4 Å². The van der Waals surface area contributed by atoms with Gasteiger partial charge in [-0.2, -0.15) is 5.10 Å². The molecule has 0 fully saturated rings. The predicted octanol–water partition coefficient (Wildman–Crippen LogP) is 3.05. The van der Waals surface area contributed by atoms with Gasteiger partial charge in [0.15, 0.2) is 16.1 Å². The summed E-state index contributed by atoms with van der Waals surface area (Å²) < 4.78 is 46.7. The molecule has 1 aromatic carbocycles. The monoisotopic (exact) mass is 350 g/mol. The van der Waals surface area contributed by atoms with E-state index in [2.05, 4.69) is 15.3 Å². The van der Waals surface area contributed by atoms with Gasteiger partial charge >= 0.3 is 0 Å². The molecule has 3 rings (SSSR count). The molecule has 21 heavy (non-hydrogen) atoms. The van der Waals surface area contributed by atoms with Crippen molar-refractivity contribution in [1.82, 2.24) is 20.0 Å². The Morgan fingerprint density at radius 1 is 1.38 bits per heavy atom. The van der Waals surface area contributed by atoms with Crippen molar-refractivity contribution < 1.29 is 17.5 Å². The van der Waals surface area contributed by atoms with Gasteiger partial charge in [0.05, 0.1) is 21.6 Å². The predicted molar refractivity (Wildman–Crippen MR) is 73.5 cm³/mol. The Kier molecular flexibility index (Phi) is 3.69. The molecule has 6 nitrogen and oxygen atoms in total. The van der Waals surface area contributed by atoms with Gasteiger partial charge < -0.3 is 4.55 Å². The van der Waals surface area contributed by atoms with Crippen molar-refractivity contribution >= 4 is 44.9 Å². The van der Waals surface area contributed by atoms with E-state index < -0.39 is 22.5 Å². The van der Waals surface area contributed by atoms with E-state index >= 15 is 0 Å². The van der Waals surface area contributed by atoms with Gasteiger partial charge in [-0.1, -0.05) is 22.9 Å². The lowest BCUT2D eigenvalue weighted by Crippen LogP contribution is -1.96. The number of hydrogen-bond acceptors (Lipinski definition) is 5. The summed E-state index contributed by atoms with van der Waals surface area (Å²) in [6, 6.07) is 2.74. The Morgan fingerprint density at radius 2 is 2.14 bits per heavy atom. The maximum absolute atomic E-state index is 12.6. The third-order valence-electron chi connectivity index (χ3n) is 2.61. The summed E-state index contributed by atoms with van der Waals surface area (Å²) in [5, 5.41) is 11.5. The lowest BCUT2D eigenvalue weighted by atomic mass is 10.2. The molecule has 0 bridgehead atoms.